The number of rotatable bonds is 5. The molecule has 0 unspecified atom stereocenters. The highest BCUT2D eigenvalue weighted by Gasteiger charge is 2.44. The standard InChI is InChI=1S/C15H13N7O7/c23-13(8-2-1-3-9(4-8)21(24)25)18-17-10-5-11(12-6-28-14(10)29-12)20-7-16-15(19-20)22(26)27/h1-4,7,11-12,14H,5-6H2,(H,18,23)/b17-10+/t11-,12-,14+/m1/s1. The first-order chi connectivity index (χ1) is 13.9. The van der Waals surface area contributed by atoms with Crippen molar-refractivity contribution in [2.24, 2.45) is 5.10 Å². The van der Waals surface area contributed by atoms with Crippen LogP contribution in [0.4, 0.5) is 11.6 Å². The number of nitro benzene ring substituents is 1. The summed E-state index contributed by atoms with van der Waals surface area (Å²) in [5, 5.41) is 29.5. The molecule has 4 rings (SSSR count). The second kappa shape index (κ2) is 7.33. The van der Waals surface area contributed by atoms with Crippen LogP contribution in [0.25, 0.3) is 0 Å². The van der Waals surface area contributed by atoms with Crippen LogP contribution in [0.5, 0.6) is 0 Å². The number of non-ortho nitro benzene ring substituents is 1. The van der Waals surface area contributed by atoms with Gasteiger partial charge >= 0.3 is 5.95 Å². The van der Waals surface area contributed by atoms with E-state index < -0.39 is 40.1 Å². The van der Waals surface area contributed by atoms with Crippen LogP contribution in [0, 0.1) is 20.2 Å². The fourth-order valence-electron chi connectivity index (χ4n) is 3.06. The number of nitro groups is 2. The van der Waals surface area contributed by atoms with Gasteiger partial charge in [0.05, 0.1) is 17.2 Å². The highest BCUT2D eigenvalue weighted by molar-refractivity contribution is 5.96. The van der Waals surface area contributed by atoms with E-state index in [0.29, 0.717) is 5.71 Å². The molecule has 1 aromatic carbocycles. The van der Waals surface area contributed by atoms with Crippen molar-refractivity contribution in [3.05, 3.63) is 56.4 Å². The summed E-state index contributed by atoms with van der Waals surface area (Å²) in [4.78, 5) is 36.2. The molecule has 2 aliphatic heterocycles. The third-order valence-corrected chi connectivity index (χ3v) is 4.45. The van der Waals surface area contributed by atoms with Gasteiger partial charge in [-0.3, -0.25) is 14.9 Å². The van der Waals surface area contributed by atoms with E-state index in [1.807, 2.05) is 0 Å². The third kappa shape index (κ3) is 3.65. The van der Waals surface area contributed by atoms with Crippen LogP contribution in [0.2, 0.25) is 0 Å². The third-order valence-electron chi connectivity index (χ3n) is 4.45. The van der Waals surface area contributed by atoms with Crippen molar-refractivity contribution in [1.29, 1.82) is 0 Å². The number of nitrogens with zero attached hydrogens (tertiary/aromatic N) is 6. The van der Waals surface area contributed by atoms with Gasteiger partial charge < -0.3 is 19.6 Å². The van der Waals surface area contributed by atoms with Gasteiger partial charge in [-0.1, -0.05) is 11.1 Å². The molecule has 0 spiro atoms. The van der Waals surface area contributed by atoms with Gasteiger partial charge in [-0.15, -0.1) is 0 Å². The molecule has 0 saturated carbocycles. The monoisotopic (exact) mass is 403 g/mol. The second-order valence-corrected chi connectivity index (χ2v) is 6.24. The maximum atomic E-state index is 12.3. The van der Waals surface area contributed by atoms with Gasteiger partial charge in [0.2, 0.25) is 6.33 Å². The van der Waals surface area contributed by atoms with Crippen LogP contribution in [-0.2, 0) is 9.47 Å². The molecule has 0 radical (unpaired) electrons. The SMILES string of the molecule is O=C(N/N=C1\C[C@@H](n2cnc([N+](=O)[O-])n2)[C@H]2CO[C@H]1O2)c1cccc([N+](=O)[O-])c1. The van der Waals surface area contributed by atoms with Gasteiger partial charge in [-0.25, -0.2) is 5.43 Å². The van der Waals surface area contributed by atoms with E-state index in [0.717, 1.165) is 6.07 Å². The van der Waals surface area contributed by atoms with Crippen LogP contribution >= 0.6 is 0 Å². The molecule has 3 atom stereocenters. The maximum absolute atomic E-state index is 12.3. The lowest BCUT2D eigenvalue weighted by atomic mass is 10.0. The molecule has 14 heteroatoms. The molecular formula is C15H13N7O7. The van der Waals surface area contributed by atoms with Crippen LogP contribution in [0.15, 0.2) is 35.7 Å². The average Bonchev–Trinajstić information content (AvgIpc) is 3.36. The van der Waals surface area contributed by atoms with Crippen molar-refractivity contribution >= 4 is 23.3 Å². The second-order valence-electron chi connectivity index (χ2n) is 6.24. The molecule has 2 saturated heterocycles. The molecule has 0 aliphatic carbocycles. The normalized spacial score (nSPS) is 24.4. The molecule has 29 heavy (non-hydrogen) atoms. The summed E-state index contributed by atoms with van der Waals surface area (Å²) in [5.74, 6) is -1.18. The zero-order valence-corrected chi connectivity index (χ0v) is 14.6. The molecule has 2 bridgehead atoms. The Morgan fingerprint density at radius 2 is 2.14 bits per heavy atom. The summed E-state index contributed by atoms with van der Waals surface area (Å²) in [5.41, 5.74) is 2.52. The van der Waals surface area contributed by atoms with Crippen LogP contribution in [0.3, 0.4) is 0 Å². The largest absolute Gasteiger partial charge is 0.490 e. The zero-order valence-electron chi connectivity index (χ0n) is 14.6. The zero-order chi connectivity index (χ0) is 20.5. The van der Waals surface area contributed by atoms with Crippen molar-refractivity contribution < 1.29 is 24.1 Å². The number of benzene rings is 1. The maximum Gasteiger partial charge on any atom is 0.490 e. The molecule has 150 valence electrons. The number of carbonyl (C=O) groups excluding carboxylic acids is 1. The topological polar surface area (TPSA) is 177 Å². The predicted octanol–water partition coefficient (Wildman–Crippen LogP) is 0.567. The van der Waals surface area contributed by atoms with Gasteiger partial charge in [0.25, 0.3) is 11.6 Å². The lowest BCUT2D eigenvalue weighted by Gasteiger charge is -2.26. The van der Waals surface area contributed by atoms with E-state index >= 15 is 0 Å². The summed E-state index contributed by atoms with van der Waals surface area (Å²) < 4.78 is 12.5. The van der Waals surface area contributed by atoms with Crippen molar-refractivity contribution in [3.63, 3.8) is 0 Å². The lowest BCUT2D eigenvalue weighted by Crippen LogP contribution is -2.38. The Hall–Kier alpha value is -3.78. The van der Waals surface area contributed by atoms with E-state index in [4.69, 9.17) is 9.47 Å². The quantitative estimate of drug-likeness (QED) is 0.552. The number of aromatic nitrogens is 3. The Labute approximate surface area is 161 Å². The minimum atomic E-state index is -0.764. The van der Waals surface area contributed by atoms with Crippen LogP contribution < -0.4 is 5.43 Å². The molecule has 2 aromatic rings. The summed E-state index contributed by atoms with van der Waals surface area (Å²) in [6.45, 7) is 0.223. The Balaban J connectivity index is 1.51. The predicted molar refractivity (Wildman–Crippen MR) is 92.9 cm³/mol. The number of carbonyl (C=O) groups is 1. The molecule has 3 heterocycles. The van der Waals surface area contributed by atoms with E-state index in [1.165, 1.54) is 29.2 Å². The number of ether oxygens (including phenoxy) is 2. The van der Waals surface area contributed by atoms with E-state index in [9.17, 15) is 25.0 Å². The molecule has 1 N–H and O–H groups in total. The fourth-order valence-corrected chi connectivity index (χ4v) is 3.06. The number of hydrogen-bond acceptors (Lipinski definition) is 10. The summed E-state index contributed by atoms with van der Waals surface area (Å²) in [6, 6.07) is 4.75. The first kappa shape index (κ1) is 18.6. The lowest BCUT2D eigenvalue weighted by molar-refractivity contribution is -0.394. The number of hydrogen-bond donors (Lipinski definition) is 1. The molecule has 1 aromatic heterocycles. The first-order valence-corrected chi connectivity index (χ1v) is 8.36. The van der Waals surface area contributed by atoms with Crippen LogP contribution in [-0.4, -0.2) is 55.2 Å². The fraction of sp³-hybridized carbons (Fsp3) is 0.333. The summed E-state index contributed by atoms with van der Waals surface area (Å²) >= 11 is 0. The number of amides is 1. The number of fused-ring (bicyclic) bond motifs is 2. The van der Waals surface area contributed by atoms with Crippen molar-refractivity contribution in [3.8, 4) is 0 Å². The Morgan fingerprint density at radius 1 is 1.31 bits per heavy atom. The van der Waals surface area contributed by atoms with E-state index in [-0.39, 0.29) is 24.3 Å². The van der Waals surface area contributed by atoms with Crippen molar-refractivity contribution in [2.45, 2.75) is 24.9 Å². The molecule has 1 amide bonds. The van der Waals surface area contributed by atoms with Crippen molar-refractivity contribution in [2.75, 3.05) is 6.61 Å². The highest BCUT2D eigenvalue weighted by Crippen LogP contribution is 2.33. The number of hydrazone groups is 1. The summed E-state index contributed by atoms with van der Waals surface area (Å²) in [7, 11) is 0. The van der Waals surface area contributed by atoms with Gasteiger partial charge in [-0.05, 0) is 11.0 Å². The van der Waals surface area contributed by atoms with Crippen molar-refractivity contribution in [1.82, 2.24) is 20.2 Å². The smallest absolute Gasteiger partial charge is 0.390 e. The first-order valence-electron chi connectivity index (χ1n) is 8.36. The van der Waals surface area contributed by atoms with Gasteiger partial charge in [-0.2, -0.15) is 9.78 Å². The van der Waals surface area contributed by atoms with Crippen LogP contribution in [0.1, 0.15) is 22.8 Å². The minimum Gasteiger partial charge on any atom is -0.390 e. The molecular weight excluding hydrogens is 390 g/mol. The number of nitrogens with one attached hydrogen (secondary N) is 1. The van der Waals surface area contributed by atoms with E-state index in [1.54, 1.807) is 0 Å². The molecule has 2 fully saturated rings. The van der Waals surface area contributed by atoms with Gasteiger partial charge in [0, 0.05) is 29.2 Å². The Morgan fingerprint density at radius 3 is 2.86 bits per heavy atom. The summed E-state index contributed by atoms with van der Waals surface area (Å²) in [6.07, 6.45) is 0.322. The van der Waals surface area contributed by atoms with Gasteiger partial charge in [0.15, 0.2) is 6.29 Å². The molecule has 14 nitrogen and oxygen atoms in total. The average molecular weight is 403 g/mol. The highest BCUT2D eigenvalue weighted by atomic mass is 16.7. The Bertz CT molecular complexity index is 1020. The minimum absolute atomic E-state index is 0.0638. The van der Waals surface area contributed by atoms with Gasteiger partial charge in [0.1, 0.15) is 12.1 Å². The molecule has 2 aliphatic rings. The Kier molecular flexibility index (Phi) is 4.69. The van der Waals surface area contributed by atoms with E-state index in [2.05, 4.69) is 20.6 Å².